The number of rotatable bonds is 8. The van der Waals surface area contributed by atoms with Gasteiger partial charge in [0.15, 0.2) is 0 Å². The third-order valence-corrected chi connectivity index (χ3v) is 3.08. The van der Waals surface area contributed by atoms with Crippen molar-refractivity contribution in [2.45, 2.75) is 0 Å². The van der Waals surface area contributed by atoms with Crippen LogP contribution in [0.15, 0.2) is 73.8 Å². The quantitative estimate of drug-likeness (QED) is 0.534. The van der Waals surface area contributed by atoms with E-state index in [9.17, 15) is 9.59 Å². The fourth-order valence-corrected chi connectivity index (χ4v) is 1.89. The zero-order valence-corrected chi connectivity index (χ0v) is 13.6. The van der Waals surface area contributed by atoms with Gasteiger partial charge < -0.3 is 14.2 Å². The molecule has 0 aliphatic carbocycles. The lowest BCUT2D eigenvalue weighted by molar-refractivity contribution is 0.0540. The van der Waals surface area contributed by atoms with Crippen molar-refractivity contribution in [3.8, 4) is 11.5 Å². The largest absolute Gasteiger partial charge is 0.458 e. The fourth-order valence-electron chi connectivity index (χ4n) is 1.89. The molecule has 0 aliphatic heterocycles. The van der Waals surface area contributed by atoms with Gasteiger partial charge >= 0.3 is 11.9 Å². The van der Waals surface area contributed by atoms with Crippen LogP contribution >= 0.6 is 0 Å². The number of carbonyl (C=O) groups is 2. The number of carbonyl (C=O) groups excluding carboxylic acids is 2. The Morgan fingerprint density at radius 2 is 1.08 bits per heavy atom. The van der Waals surface area contributed by atoms with Gasteiger partial charge in [-0.15, -0.1) is 0 Å². The van der Waals surface area contributed by atoms with Crippen LogP contribution in [0.3, 0.4) is 0 Å². The highest BCUT2D eigenvalue weighted by atomic mass is 16.5. The highest BCUT2D eigenvalue weighted by Crippen LogP contribution is 2.22. The molecule has 2 rings (SSSR count). The second-order valence-corrected chi connectivity index (χ2v) is 4.93. The first-order valence-corrected chi connectivity index (χ1v) is 7.58. The summed E-state index contributed by atoms with van der Waals surface area (Å²) in [5.74, 6) is 0.271. The van der Waals surface area contributed by atoms with Gasteiger partial charge in [-0.05, 0) is 48.5 Å². The van der Waals surface area contributed by atoms with Gasteiger partial charge in [-0.2, -0.15) is 0 Å². The molecule has 0 aliphatic rings. The summed E-state index contributed by atoms with van der Waals surface area (Å²) in [6.07, 6.45) is 3.01. The van der Waals surface area contributed by atoms with Gasteiger partial charge in [0.05, 0.1) is 11.1 Å². The molecule has 0 radical (unpaired) electrons. The van der Waals surface area contributed by atoms with Crippen LogP contribution in [-0.2, 0) is 9.47 Å². The minimum Gasteiger partial charge on any atom is -0.458 e. The summed E-state index contributed by atoms with van der Waals surface area (Å²) in [6.45, 7) is 7.31. The van der Waals surface area contributed by atoms with Crippen molar-refractivity contribution in [3.63, 3.8) is 0 Å². The average Bonchev–Trinajstić information content (AvgIpc) is 2.65. The number of benzene rings is 2. The van der Waals surface area contributed by atoms with Gasteiger partial charge in [-0.3, -0.25) is 0 Å². The van der Waals surface area contributed by atoms with Crippen LogP contribution in [0, 0.1) is 0 Å². The van der Waals surface area contributed by atoms with Crippen LogP contribution in [0.1, 0.15) is 20.7 Å². The van der Waals surface area contributed by atoms with E-state index in [1.165, 1.54) is 12.2 Å². The molecule has 0 atom stereocenters. The summed E-state index contributed by atoms with van der Waals surface area (Å²) in [7, 11) is 0. The Kier molecular flexibility index (Phi) is 6.54. The summed E-state index contributed by atoms with van der Waals surface area (Å²) in [6, 6.07) is 13.1. The van der Waals surface area contributed by atoms with Crippen molar-refractivity contribution < 1.29 is 23.8 Å². The van der Waals surface area contributed by atoms with Crippen molar-refractivity contribution in [1.29, 1.82) is 0 Å². The number of hydrogen-bond donors (Lipinski definition) is 0. The van der Waals surface area contributed by atoms with Gasteiger partial charge in [0.25, 0.3) is 0 Å². The predicted octanol–water partition coefficient (Wildman–Crippen LogP) is 4.16. The molecule has 0 amide bonds. The van der Waals surface area contributed by atoms with Crippen LogP contribution in [0.2, 0.25) is 0 Å². The highest BCUT2D eigenvalue weighted by molar-refractivity contribution is 5.90. The summed E-state index contributed by atoms with van der Waals surface area (Å²) in [5, 5.41) is 0. The van der Waals surface area contributed by atoms with Crippen molar-refractivity contribution in [2.75, 3.05) is 13.2 Å². The molecule has 0 saturated heterocycles. The van der Waals surface area contributed by atoms with E-state index in [-0.39, 0.29) is 13.2 Å². The molecule has 128 valence electrons. The molecule has 5 nitrogen and oxygen atoms in total. The lowest BCUT2D eigenvalue weighted by atomic mass is 10.2. The maximum Gasteiger partial charge on any atom is 0.338 e. The predicted molar refractivity (Wildman–Crippen MR) is 93.9 cm³/mol. The Bertz CT molecular complexity index is 679. The van der Waals surface area contributed by atoms with E-state index in [0.717, 1.165) is 0 Å². The van der Waals surface area contributed by atoms with E-state index in [1.54, 1.807) is 48.5 Å². The Morgan fingerprint density at radius 1 is 0.720 bits per heavy atom. The second-order valence-electron chi connectivity index (χ2n) is 4.93. The molecule has 2 aromatic carbocycles. The first kappa shape index (κ1) is 18.0. The SMILES string of the molecule is C=CCOC(=O)c1ccc(Oc2ccc(C(=O)OCC=C)cc2)cc1. The molecule has 0 aromatic heterocycles. The fraction of sp³-hybridized carbons (Fsp3) is 0.100. The Hall–Kier alpha value is -3.34. The summed E-state index contributed by atoms with van der Waals surface area (Å²) in [5.41, 5.74) is 0.851. The molecule has 0 saturated carbocycles. The summed E-state index contributed by atoms with van der Waals surface area (Å²) < 4.78 is 15.6. The zero-order chi connectivity index (χ0) is 18.1. The standard InChI is InChI=1S/C20H18O5/c1-3-13-23-19(21)15-5-9-17(10-6-15)25-18-11-7-16(8-12-18)20(22)24-14-4-2/h3-12H,1-2,13-14H2. The minimum absolute atomic E-state index is 0.165. The van der Waals surface area contributed by atoms with Crippen molar-refractivity contribution in [2.24, 2.45) is 0 Å². The van der Waals surface area contributed by atoms with Crippen LogP contribution in [0.25, 0.3) is 0 Å². The lowest BCUT2D eigenvalue weighted by Gasteiger charge is -2.08. The monoisotopic (exact) mass is 338 g/mol. The van der Waals surface area contributed by atoms with Crippen molar-refractivity contribution in [3.05, 3.63) is 85.0 Å². The summed E-state index contributed by atoms with van der Waals surface area (Å²) >= 11 is 0. The molecule has 0 fully saturated rings. The minimum atomic E-state index is -0.422. The normalized spacial score (nSPS) is 9.76. The van der Waals surface area contributed by atoms with E-state index in [0.29, 0.717) is 22.6 Å². The smallest absolute Gasteiger partial charge is 0.338 e. The maximum absolute atomic E-state index is 11.7. The third kappa shape index (κ3) is 5.35. The van der Waals surface area contributed by atoms with Gasteiger partial charge in [0.2, 0.25) is 0 Å². The Balaban J connectivity index is 1.97. The Labute approximate surface area is 146 Å². The van der Waals surface area contributed by atoms with Crippen LogP contribution in [-0.4, -0.2) is 25.2 Å². The maximum atomic E-state index is 11.7. The molecule has 0 spiro atoms. The lowest BCUT2D eigenvalue weighted by Crippen LogP contribution is -2.05. The van der Waals surface area contributed by atoms with Crippen LogP contribution in [0.4, 0.5) is 0 Å². The molecule has 5 heteroatoms. The molecule has 0 heterocycles. The average molecular weight is 338 g/mol. The third-order valence-electron chi connectivity index (χ3n) is 3.08. The van der Waals surface area contributed by atoms with E-state index in [4.69, 9.17) is 14.2 Å². The molecule has 25 heavy (non-hydrogen) atoms. The van der Waals surface area contributed by atoms with Gasteiger partial charge in [0.1, 0.15) is 24.7 Å². The van der Waals surface area contributed by atoms with Crippen molar-refractivity contribution >= 4 is 11.9 Å². The van der Waals surface area contributed by atoms with E-state index < -0.39 is 11.9 Å². The topological polar surface area (TPSA) is 61.8 Å². The van der Waals surface area contributed by atoms with Crippen molar-refractivity contribution in [1.82, 2.24) is 0 Å². The van der Waals surface area contributed by atoms with E-state index in [1.807, 2.05) is 0 Å². The zero-order valence-electron chi connectivity index (χ0n) is 13.6. The number of ether oxygens (including phenoxy) is 3. The molecule has 0 unspecified atom stereocenters. The van der Waals surface area contributed by atoms with Crippen LogP contribution < -0.4 is 4.74 Å². The summed E-state index contributed by atoms with van der Waals surface area (Å²) in [4.78, 5) is 23.4. The molecular formula is C20H18O5. The molecule has 0 N–H and O–H groups in total. The Morgan fingerprint density at radius 3 is 1.40 bits per heavy atom. The van der Waals surface area contributed by atoms with Gasteiger partial charge in [-0.25, -0.2) is 9.59 Å². The van der Waals surface area contributed by atoms with Crippen LogP contribution in [0.5, 0.6) is 11.5 Å². The number of esters is 2. The van der Waals surface area contributed by atoms with Gasteiger partial charge in [-0.1, -0.05) is 25.3 Å². The second kappa shape index (κ2) is 9.08. The first-order chi connectivity index (χ1) is 12.1. The number of hydrogen-bond acceptors (Lipinski definition) is 5. The highest BCUT2D eigenvalue weighted by Gasteiger charge is 2.08. The van der Waals surface area contributed by atoms with E-state index in [2.05, 4.69) is 13.2 Å². The molecular weight excluding hydrogens is 320 g/mol. The van der Waals surface area contributed by atoms with E-state index >= 15 is 0 Å². The van der Waals surface area contributed by atoms with Gasteiger partial charge in [0, 0.05) is 0 Å². The molecule has 0 bridgehead atoms. The first-order valence-electron chi connectivity index (χ1n) is 7.58. The molecule has 2 aromatic rings.